The van der Waals surface area contributed by atoms with Crippen molar-refractivity contribution in [3.05, 3.63) is 18.2 Å². The minimum atomic E-state index is -0.0156. The van der Waals surface area contributed by atoms with Crippen LogP contribution in [0.1, 0.15) is 13.3 Å². The monoisotopic (exact) mass is 341 g/mol. The molecule has 2 aliphatic heterocycles. The molecule has 0 aromatic heterocycles. The fourth-order valence-corrected chi connectivity index (χ4v) is 3.24. The lowest BCUT2D eigenvalue weighted by Crippen LogP contribution is -2.48. The summed E-state index contributed by atoms with van der Waals surface area (Å²) in [7, 11) is 0. The Balaban J connectivity index is 0.00000176. The van der Waals surface area contributed by atoms with E-state index in [1.54, 1.807) is 0 Å². The van der Waals surface area contributed by atoms with Crippen molar-refractivity contribution in [3.63, 3.8) is 0 Å². The second-order valence-electron chi connectivity index (χ2n) is 5.65. The Morgan fingerprint density at radius 1 is 1.50 bits per heavy atom. The van der Waals surface area contributed by atoms with Crippen LogP contribution in [-0.4, -0.2) is 36.5 Å². The third-order valence-electron chi connectivity index (χ3n) is 3.98. The number of anilines is 1. The van der Waals surface area contributed by atoms with Crippen LogP contribution in [-0.2, 0) is 16.1 Å². The van der Waals surface area contributed by atoms with E-state index in [0.717, 1.165) is 47.9 Å². The lowest BCUT2D eigenvalue weighted by molar-refractivity contribution is -0.117. The molecule has 1 aromatic carbocycles. The molecule has 1 saturated heterocycles. The van der Waals surface area contributed by atoms with Gasteiger partial charge in [0.05, 0.1) is 23.6 Å². The van der Waals surface area contributed by atoms with Crippen LogP contribution < -0.4 is 11.1 Å². The fraction of sp³-hybridized carbons (Fsp3) is 0.500. The van der Waals surface area contributed by atoms with E-state index >= 15 is 0 Å². The van der Waals surface area contributed by atoms with Crippen molar-refractivity contribution in [1.29, 1.82) is 0 Å². The average Bonchev–Trinajstić information content (AvgIpc) is 2.92. The molecule has 0 saturated carbocycles. The highest BCUT2D eigenvalue weighted by molar-refractivity contribution is 7.58. The van der Waals surface area contributed by atoms with Gasteiger partial charge in [0.2, 0.25) is 5.91 Å². The number of nitrogens with two attached hydrogens (primary N) is 1. The van der Waals surface area contributed by atoms with E-state index < -0.39 is 0 Å². The van der Waals surface area contributed by atoms with E-state index in [1.165, 1.54) is 0 Å². The van der Waals surface area contributed by atoms with Crippen molar-refractivity contribution in [3.8, 4) is 0 Å². The predicted molar refractivity (Wildman–Crippen MR) is 92.1 cm³/mol. The van der Waals surface area contributed by atoms with Gasteiger partial charge in [-0.15, -0.1) is 12.4 Å². The molecule has 0 aliphatic carbocycles. The summed E-state index contributed by atoms with van der Waals surface area (Å²) >= 11 is 1.15. The number of halogens is 1. The van der Waals surface area contributed by atoms with E-state index in [-0.39, 0.29) is 24.4 Å². The van der Waals surface area contributed by atoms with Crippen LogP contribution in [0.4, 0.5) is 17.1 Å². The van der Waals surface area contributed by atoms with Gasteiger partial charge < -0.3 is 11.1 Å². The first kappa shape index (κ1) is 17.1. The zero-order valence-corrected chi connectivity index (χ0v) is 14.0. The minimum Gasteiger partial charge on any atom is -0.327 e. The smallest absolute Gasteiger partial charge is 0.238 e. The first-order valence-corrected chi connectivity index (χ1v) is 7.85. The molecule has 2 unspecified atom stereocenters. The van der Waals surface area contributed by atoms with Gasteiger partial charge in [-0.3, -0.25) is 9.69 Å². The summed E-state index contributed by atoms with van der Waals surface area (Å²) in [6, 6.07) is 5.87. The Hall–Kier alpha value is -1.28. The van der Waals surface area contributed by atoms with Crippen molar-refractivity contribution >= 4 is 46.7 Å². The number of carbonyl (C=O) groups excluding carboxylic acids is 1. The second-order valence-corrected chi connectivity index (χ2v) is 6.18. The number of nitrogens with zero attached hydrogens (tertiary/aromatic N) is 3. The number of amides is 1. The molecule has 22 heavy (non-hydrogen) atoms. The molecule has 120 valence electrons. The van der Waals surface area contributed by atoms with Gasteiger partial charge in [-0.25, -0.2) is 0 Å². The molecule has 1 fully saturated rings. The summed E-state index contributed by atoms with van der Waals surface area (Å²) in [5.74, 6) is 0.413. The number of rotatable bonds is 3. The summed E-state index contributed by atoms with van der Waals surface area (Å²) < 4.78 is 8.40. The fourth-order valence-electron chi connectivity index (χ4n) is 2.69. The van der Waals surface area contributed by atoms with Gasteiger partial charge in [-0.05, 0) is 24.5 Å². The Labute approximate surface area is 139 Å². The van der Waals surface area contributed by atoms with Crippen molar-refractivity contribution < 1.29 is 4.79 Å². The molecule has 2 atom stereocenters. The van der Waals surface area contributed by atoms with Gasteiger partial charge in [0.15, 0.2) is 0 Å². The van der Waals surface area contributed by atoms with E-state index in [1.807, 2.05) is 18.2 Å². The number of piperidine rings is 1. The first-order chi connectivity index (χ1) is 10.1. The van der Waals surface area contributed by atoms with E-state index in [9.17, 15) is 4.79 Å². The highest BCUT2D eigenvalue weighted by atomic mass is 35.5. The number of benzene rings is 1. The highest BCUT2D eigenvalue weighted by Gasteiger charge is 2.24. The third-order valence-corrected chi connectivity index (χ3v) is 4.53. The standard InChI is InChI=1S/C14H19N5OS.ClH/c1-9-7-19(6-5-10(9)15)8-13(20)16-11-3-2-4-12-14(11)18-21-17-12;/h2-4,9-10H,5-8,15H2,1H3,(H,16,20);1H. The maximum Gasteiger partial charge on any atom is 0.238 e. The topological polar surface area (TPSA) is 83.1 Å². The van der Waals surface area contributed by atoms with Crippen LogP contribution >= 0.6 is 12.4 Å². The van der Waals surface area contributed by atoms with Gasteiger partial charge in [0.1, 0.15) is 11.4 Å². The SMILES string of the molecule is CC1CN(CC(=O)Nc2cccc3c2N=S=N3)CCC1N.Cl. The molecule has 2 aliphatic rings. The molecule has 2 heterocycles. The van der Waals surface area contributed by atoms with E-state index in [2.05, 4.69) is 25.9 Å². The quantitative estimate of drug-likeness (QED) is 0.899. The zero-order chi connectivity index (χ0) is 14.8. The van der Waals surface area contributed by atoms with E-state index in [4.69, 9.17) is 5.73 Å². The molecule has 6 nitrogen and oxygen atoms in total. The number of fused-ring (bicyclic) bond motifs is 1. The van der Waals surface area contributed by atoms with Gasteiger partial charge >= 0.3 is 0 Å². The first-order valence-electron chi connectivity index (χ1n) is 7.12. The summed E-state index contributed by atoms with van der Waals surface area (Å²) in [6.07, 6.45) is 0.944. The van der Waals surface area contributed by atoms with Gasteiger partial charge in [-0.1, -0.05) is 13.0 Å². The van der Waals surface area contributed by atoms with Crippen LogP contribution in [0.2, 0.25) is 0 Å². The van der Waals surface area contributed by atoms with Crippen LogP contribution in [0, 0.1) is 5.92 Å². The second kappa shape index (κ2) is 7.32. The lowest BCUT2D eigenvalue weighted by atomic mass is 9.95. The number of hydrogen-bond acceptors (Lipinski definition) is 5. The summed E-state index contributed by atoms with van der Waals surface area (Å²) in [5, 5.41) is 2.94. The lowest BCUT2D eigenvalue weighted by Gasteiger charge is -2.34. The molecule has 8 heteroatoms. The molecule has 0 radical (unpaired) electrons. The third kappa shape index (κ3) is 3.73. The van der Waals surface area contributed by atoms with Crippen LogP contribution in [0.15, 0.2) is 26.9 Å². The Morgan fingerprint density at radius 3 is 3.09 bits per heavy atom. The number of carbonyl (C=O) groups is 1. The minimum absolute atomic E-state index is 0. The van der Waals surface area contributed by atoms with Gasteiger partial charge in [0, 0.05) is 19.1 Å². The molecule has 1 amide bonds. The summed E-state index contributed by atoms with van der Waals surface area (Å²) in [6.45, 7) is 4.28. The van der Waals surface area contributed by atoms with Crippen molar-refractivity contribution in [2.45, 2.75) is 19.4 Å². The van der Waals surface area contributed by atoms with Gasteiger partial charge in [0.25, 0.3) is 0 Å². The highest BCUT2D eigenvalue weighted by Crippen LogP contribution is 2.38. The summed E-state index contributed by atoms with van der Waals surface area (Å²) in [4.78, 5) is 14.4. The molecule has 1 aromatic rings. The maximum absolute atomic E-state index is 12.2. The van der Waals surface area contributed by atoms with Crippen molar-refractivity contribution in [1.82, 2.24) is 4.90 Å². The van der Waals surface area contributed by atoms with Crippen molar-refractivity contribution in [2.24, 2.45) is 20.4 Å². The Bertz CT molecular complexity index is 632. The molecule has 3 rings (SSSR count). The van der Waals surface area contributed by atoms with Crippen LogP contribution in [0.3, 0.4) is 0 Å². The summed E-state index contributed by atoms with van der Waals surface area (Å²) in [5.41, 5.74) is 8.30. The predicted octanol–water partition coefficient (Wildman–Crippen LogP) is 2.44. The molecular formula is C14H20ClN5OS. The van der Waals surface area contributed by atoms with E-state index in [0.29, 0.717) is 12.5 Å². The number of hydrogen-bond donors (Lipinski definition) is 2. The van der Waals surface area contributed by atoms with Crippen LogP contribution in [0.5, 0.6) is 0 Å². The average molecular weight is 342 g/mol. The maximum atomic E-state index is 12.2. The largest absolute Gasteiger partial charge is 0.327 e. The normalized spacial score (nSPS) is 23.4. The Kier molecular flexibility index (Phi) is 5.69. The number of nitrogens with one attached hydrogen (secondary N) is 1. The molecule has 0 spiro atoms. The van der Waals surface area contributed by atoms with Crippen LogP contribution in [0.25, 0.3) is 0 Å². The Morgan fingerprint density at radius 2 is 2.32 bits per heavy atom. The van der Waals surface area contributed by atoms with Crippen molar-refractivity contribution in [2.75, 3.05) is 25.0 Å². The zero-order valence-electron chi connectivity index (χ0n) is 12.4. The number of likely N-dealkylation sites (tertiary alicyclic amines) is 1. The van der Waals surface area contributed by atoms with Gasteiger partial charge in [-0.2, -0.15) is 8.73 Å². The molecule has 0 bridgehead atoms. The molecule has 3 N–H and O–H groups in total. The molecular weight excluding hydrogens is 322 g/mol.